The first-order valence-electron chi connectivity index (χ1n) is 7.78. The molecule has 0 saturated carbocycles. The molecule has 4 nitrogen and oxygen atoms in total. The van der Waals surface area contributed by atoms with Gasteiger partial charge < -0.3 is 10.1 Å². The lowest BCUT2D eigenvalue weighted by atomic mass is 10.1. The second kappa shape index (κ2) is 7.45. The van der Waals surface area contributed by atoms with Gasteiger partial charge in [0.25, 0.3) is 0 Å². The summed E-state index contributed by atoms with van der Waals surface area (Å²) in [4.78, 5) is 15.5. The van der Waals surface area contributed by atoms with Gasteiger partial charge in [-0.25, -0.2) is 0 Å². The number of para-hydroxylation sites is 1. The van der Waals surface area contributed by atoms with Gasteiger partial charge in [0.2, 0.25) is 5.91 Å². The Morgan fingerprint density at radius 2 is 2.08 bits per heavy atom. The Hall–Kier alpha value is -2.06. The van der Waals surface area contributed by atoms with Gasteiger partial charge in [0.1, 0.15) is 5.75 Å². The van der Waals surface area contributed by atoms with Gasteiger partial charge in [-0.2, -0.15) is 0 Å². The van der Waals surface area contributed by atoms with E-state index in [1.54, 1.807) is 17.4 Å². The summed E-state index contributed by atoms with van der Waals surface area (Å²) in [5, 5.41) is 4.71. The van der Waals surface area contributed by atoms with Crippen LogP contribution in [0.5, 0.6) is 5.75 Å². The smallest absolute Gasteiger partial charge is 0.405 e. The number of nitrogens with one attached hydrogen (secondary N) is 1. The van der Waals surface area contributed by atoms with E-state index in [0.717, 1.165) is 19.5 Å². The Morgan fingerprint density at radius 3 is 2.88 bits per heavy atom. The molecule has 0 atom stereocenters. The van der Waals surface area contributed by atoms with Crippen LogP contribution in [-0.2, 0) is 24.3 Å². The van der Waals surface area contributed by atoms with Gasteiger partial charge >= 0.3 is 6.36 Å². The number of hydrogen-bond donors (Lipinski definition) is 1. The van der Waals surface area contributed by atoms with E-state index in [1.807, 2.05) is 10.3 Å². The highest BCUT2D eigenvalue weighted by molar-refractivity contribution is 7.10. The zero-order valence-corrected chi connectivity index (χ0v) is 14.1. The van der Waals surface area contributed by atoms with E-state index < -0.39 is 6.36 Å². The molecular weight excluding hydrogens is 353 g/mol. The number of benzene rings is 1. The summed E-state index contributed by atoms with van der Waals surface area (Å²) in [5.74, 6) is -0.517. The topological polar surface area (TPSA) is 41.6 Å². The Bertz CT molecular complexity index is 745. The Labute approximate surface area is 147 Å². The van der Waals surface area contributed by atoms with Crippen molar-refractivity contribution < 1.29 is 22.7 Å². The summed E-state index contributed by atoms with van der Waals surface area (Å²) in [6, 6.07) is 7.86. The molecule has 3 rings (SSSR count). The molecule has 0 fully saturated rings. The Morgan fingerprint density at radius 1 is 1.28 bits per heavy atom. The molecule has 25 heavy (non-hydrogen) atoms. The Balaban J connectivity index is 1.53. The van der Waals surface area contributed by atoms with Crippen LogP contribution >= 0.6 is 11.3 Å². The van der Waals surface area contributed by atoms with Gasteiger partial charge in [-0.1, -0.05) is 18.2 Å². The number of carbonyl (C=O) groups excluding carboxylic acids is 1. The van der Waals surface area contributed by atoms with Crippen molar-refractivity contribution in [1.82, 2.24) is 10.2 Å². The number of ether oxygens (including phenoxy) is 1. The summed E-state index contributed by atoms with van der Waals surface area (Å²) in [6.45, 7) is 1.73. The summed E-state index contributed by atoms with van der Waals surface area (Å²) in [7, 11) is 0. The second-order valence-electron chi connectivity index (χ2n) is 5.76. The number of amides is 1. The van der Waals surface area contributed by atoms with Crippen LogP contribution in [0.15, 0.2) is 35.7 Å². The van der Waals surface area contributed by atoms with Crippen molar-refractivity contribution in [3.8, 4) is 5.75 Å². The van der Waals surface area contributed by atoms with Gasteiger partial charge in [0.15, 0.2) is 0 Å². The first kappa shape index (κ1) is 17.8. The maximum Gasteiger partial charge on any atom is 0.573 e. The van der Waals surface area contributed by atoms with E-state index in [1.165, 1.54) is 28.6 Å². The maximum absolute atomic E-state index is 12.4. The van der Waals surface area contributed by atoms with Crippen molar-refractivity contribution in [1.29, 1.82) is 0 Å². The summed E-state index contributed by atoms with van der Waals surface area (Å²) < 4.78 is 41.2. The molecular formula is C17H17F3N2O2S. The number of rotatable bonds is 5. The highest BCUT2D eigenvalue weighted by atomic mass is 32.1. The molecule has 0 spiro atoms. The molecule has 0 saturated heterocycles. The average Bonchev–Trinajstić information content (AvgIpc) is 3.00. The number of hydrogen-bond acceptors (Lipinski definition) is 4. The molecule has 0 unspecified atom stereocenters. The van der Waals surface area contributed by atoms with Crippen molar-refractivity contribution in [2.24, 2.45) is 0 Å². The predicted molar refractivity (Wildman–Crippen MR) is 88.3 cm³/mol. The van der Waals surface area contributed by atoms with Gasteiger partial charge in [-0.15, -0.1) is 24.5 Å². The third kappa shape index (κ3) is 4.96. The highest BCUT2D eigenvalue weighted by Gasteiger charge is 2.32. The van der Waals surface area contributed by atoms with Gasteiger partial charge in [-0.05, 0) is 29.5 Å². The summed E-state index contributed by atoms with van der Waals surface area (Å²) in [5.41, 5.74) is 1.53. The number of alkyl halides is 3. The van der Waals surface area contributed by atoms with Crippen LogP contribution in [0.1, 0.15) is 16.0 Å². The lowest BCUT2D eigenvalue weighted by Crippen LogP contribution is -2.39. The zero-order valence-electron chi connectivity index (χ0n) is 13.3. The molecule has 2 aromatic rings. The first-order valence-corrected chi connectivity index (χ1v) is 8.66. The first-order chi connectivity index (χ1) is 11.9. The third-order valence-corrected chi connectivity index (χ3v) is 4.95. The SMILES string of the molecule is O=C(CN1CCc2sccc2C1)NCc1ccccc1OC(F)(F)F. The lowest BCUT2D eigenvalue weighted by Gasteiger charge is -2.26. The van der Waals surface area contributed by atoms with E-state index in [4.69, 9.17) is 0 Å². The predicted octanol–water partition coefficient (Wildman–Crippen LogP) is 3.32. The van der Waals surface area contributed by atoms with Crippen LogP contribution in [0.3, 0.4) is 0 Å². The van der Waals surface area contributed by atoms with Gasteiger partial charge in [0, 0.05) is 30.1 Å². The zero-order chi connectivity index (χ0) is 17.9. The van der Waals surface area contributed by atoms with Crippen molar-refractivity contribution in [3.63, 3.8) is 0 Å². The van der Waals surface area contributed by atoms with E-state index in [2.05, 4.69) is 16.1 Å². The standard InChI is InChI=1S/C17H17F3N2O2S/c18-17(19,20)24-14-4-2-1-3-12(14)9-21-16(23)11-22-7-5-15-13(10-22)6-8-25-15/h1-4,6,8H,5,7,9-11H2,(H,21,23). The molecule has 1 aromatic carbocycles. The summed E-state index contributed by atoms with van der Waals surface area (Å²) in [6.07, 6.45) is -3.84. The number of fused-ring (bicyclic) bond motifs is 1. The summed E-state index contributed by atoms with van der Waals surface area (Å²) >= 11 is 1.73. The van der Waals surface area contributed by atoms with Gasteiger partial charge in [-0.3, -0.25) is 9.69 Å². The van der Waals surface area contributed by atoms with E-state index >= 15 is 0 Å². The minimum Gasteiger partial charge on any atom is -0.405 e. The molecule has 1 N–H and O–H groups in total. The number of thiophene rings is 1. The highest BCUT2D eigenvalue weighted by Crippen LogP contribution is 2.26. The van der Waals surface area contributed by atoms with E-state index in [-0.39, 0.29) is 30.3 Å². The molecule has 134 valence electrons. The molecule has 1 aliphatic heterocycles. The van der Waals surface area contributed by atoms with E-state index in [0.29, 0.717) is 0 Å². The fraction of sp³-hybridized carbons (Fsp3) is 0.353. The van der Waals surface area contributed by atoms with Crippen LogP contribution in [0.4, 0.5) is 13.2 Å². The van der Waals surface area contributed by atoms with Crippen LogP contribution in [0, 0.1) is 0 Å². The van der Waals surface area contributed by atoms with Crippen molar-refractivity contribution in [2.75, 3.05) is 13.1 Å². The molecule has 1 aromatic heterocycles. The Kier molecular flexibility index (Phi) is 5.29. The van der Waals surface area contributed by atoms with Crippen LogP contribution in [0.25, 0.3) is 0 Å². The maximum atomic E-state index is 12.4. The molecule has 8 heteroatoms. The second-order valence-corrected chi connectivity index (χ2v) is 6.76. The normalized spacial score (nSPS) is 14.8. The fourth-order valence-corrected chi connectivity index (χ4v) is 3.66. The van der Waals surface area contributed by atoms with Crippen LogP contribution in [-0.4, -0.2) is 30.3 Å². The largest absolute Gasteiger partial charge is 0.573 e. The third-order valence-electron chi connectivity index (χ3n) is 3.93. The molecule has 1 amide bonds. The fourth-order valence-electron chi connectivity index (χ4n) is 2.77. The molecule has 1 aliphatic rings. The number of halogens is 3. The van der Waals surface area contributed by atoms with Crippen molar-refractivity contribution >= 4 is 17.2 Å². The van der Waals surface area contributed by atoms with Crippen molar-refractivity contribution in [2.45, 2.75) is 25.9 Å². The van der Waals surface area contributed by atoms with Crippen LogP contribution in [0.2, 0.25) is 0 Å². The molecule has 0 radical (unpaired) electrons. The molecule has 2 heterocycles. The lowest BCUT2D eigenvalue weighted by molar-refractivity contribution is -0.274. The van der Waals surface area contributed by atoms with Crippen molar-refractivity contribution in [3.05, 3.63) is 51.7 Å². The number of nitrogens with zero attached hydrogens (tertiary/aromatic N) is 1. The number of carbonyl (C=O) groups is 1. The minimum atomic E-state index is -4.76. The average molecular weight is 370 g/mol. The van der Waals surface area contributed by atoms with Crippen LogP contribution < -0.4 is 10.1 Å². The minimum absolute atomic E-state index is 0.0113. The van der Waals surface area contributed by atoms with E-state index in [9.17, 15) is 18.0 Å². The monoisotopic (exact) mass is 370 g/mol. The molecule has 0 aliphatic carbocycles. The van der Waals surface area contributed by atoms with Gasteiger partial charge in [0.05, 0.1) is 6.54 Å². The quantitative estimate of drug-likeness (QED) is 0.878. The molecule has 0 bridgehead atoms.